The highest BCUT2D eigenvalue weighted by Gasteiger charge is 2.32. The van der Waals surface area contributed by atoms with Gasteiger partial charge in [0.1, 0.15) is 0 Å². The van der Waals surface area contributed by atoms with Gasteiger partial charge < -0.3 is 15.3 Å². The normalized spacial score (nSPS) is 31.2. The van der Waals surface area contributed by atoms with E-state index in [0.717, 1.165) is 25.7 Å². The Kier molecular flexibility index (Phi) is 4.96. The van der Waals surface area contributed by atoms with Crippen LogP contribution >= 0.6 is 11.8 Å². The van der Waals surface area contributed by atoms with Crippen LogP contribution in [0.4, 0.5) is 4.79 Å². The molecule has 2 aliphatic rings. The van der Waals surface area contributed by atoms with Crippen LogP contribution in [-0.2, 0) is 4.79 Å². The van der Waals surface area contributed by atoms with Crippen molar-refractivity contribution in [2.75, 3.05) is 19.3 Å². The molecular formula is C13H22N2O3S. The quantitative estimate of drug-likeness (QED) is 0.829. The standard InChI is InChI=1S/C13H22N2O3S/c1-19-11-6-2-5-10(11)14-13(18)15-7-3-4-9(8-15)12(16)17/h9-11H,2-8H2,1H3,(H,14,18)(H,16,17)/t9-,10?,11?/m0/s1. The molecule has 1 aliphatic carbocycles. The van der Waals surface area contributed by atoms with Crippen molar-refractivity contribution in [1.82, 2.24) is 10.2 Å². The number of thioether (sulfide) groups is 1. The summed E-state index contributed by atoms with van der Waals surface area (Å²) in [6.45, 7) is 1.02. The summed E-state index contributed by atoms with van der Waals surface area (Å²) in [5.41, 5.74) is 0. The minimum atomic E-state index is -0.791. The summed E-state index contributed by atoms with van der Waals surface area (Å²) in [7, 11) is 0. The molecule has 2 fully saturated rings. The van der Waals surface area contributed by atoms with Gasteiger partial charge in [0.15, 0.2) is 0 Å². The Labute approximate surface area is 118 Å². The Morgan fingerprint density at radius 3 is 2.74 bits per heavy atom. The van der Waals surface area contributed by atoms with Crippen LogP contribution in [0.2, 0.25) is 0 Å². The largest absolute Gasteiger partial charge is 0.481 e. The molecule has 0 aromatic heterocycles. The lowest BCUT2D eigenvalue weighted by molar-refractivity contribution is -0.143. The first-order valence-corrected chi connectivity index (χ1v) is 8.21. The predicted molar refractivity (Wildman–Crippen MR) is 75.4 cm³/mol. The van der Waals surface area contributed by atoms with Crippen molar-refractivity contribution in [2.45, 2.75) is 43.4 Å². The molecule has 6 heteroatoms. The number of piperidine rings is 1. The van der Waals surface area contributed by atoms with Crippen molar-refractivity contribution in [3.8, 4) is 0 Å². The van der Waals surface area contributed by atoms with Gasteiger partial charge in [0.25, 0.3) is 0 Å². The molecule has 0 aromatic carbocycles. The zero-order chi connectivity index (χ0) is 13.8. The van der Waals surface area contributed by atoms with Crippen LogP contribution in [0.25, 0.3) is 0 Å². The van der Waals surface area contributed by atoms with E-state index in [1.807, 2.05) is 11.8 Å². The van der Waals surface area contributed by atoms with Gasteiger partial charge in [0.05, 0.1) is 5.92 Å². The summed E-state index contributed by atoms with van der Waals surface area (Å²) in [6, 6.07) is 0.157. The zero-order valence-electron chi connectivity index (χ0n) is 11.3. The second-order valence-corrected chi connectivity index (χ2v) is 6.46. The maximum absolute atomic E-state index is 12.2. The second-order valence-electron chi connectivity index (χ2n) is 5.38. The number of carbonyl (C=O) groups excluding carboxylic acids is 1. The number of hydrogen-bond acceptors (Lipinski definition) is 3. The van der Waals surface area contributed by atoms with Gasteiger partial charge in [-0.05, 0) is 31.9 Å². The molecule has 2 amide bonds. The van der Waals surface area contributed by atoms with E-state index in [2.05, 4.69) is 11.6 Å². The smallest absolute Gasteiger partial charge is 0.317 e. The Morgan fingerprint density at radius 2 is 2.05 bits per heavy atom. The van der Waals surface area contributed by atoms with E-state index in [1.54, 1.807) is 4.90 Å². The maximum atomic E-state index is 12.2. The number of hydrogen-bond donors (Lipinski definition) is 2. The van der Waals surface area contributed by atoms with Crippen LogP contribution in [-0.4, -0.2) is 52.6 Å². The van der Waals surface area contributed by atoms with Gasteiger partial charge in [-0.25, -0.2) is 4.79 Å². The molecule has 1 heterocycles. The molecule has 3 atom stereocenters. The summed E-state index contributed by atoms with van der Waals surface area (Å²) in [6.07, 6.45) is 6.89. The van der Waals surface area contributed by atoms with Gasteiger partial charge in [-0.1, -0.05) is 6.42 Å². The first-order chi connectivity index (χ1) is 9.11. The fraction of sp³-hybridized carbons (Fsp3) is 0.846. The lowest BCUT2D eigenvalue weighted by Gasteiger charge is -2.32. The average molecular weight is 286 g/mol. The third-order valence-corrected chi connectivity index (χ3v) is 5.29. The van der Waals surface area contributed by atoms with Gasteiger partial charge in [0, 0.05) is 24.4 Å². The molecule has 2 unspecified atom stereocenters. The number of aliphatic carboxylic acids is 1. The Hall–Kier alpha value is -0.910. The number of nitrogens with zero attached hydrogens (tertiary/aromatic N) is 1. The molecule has 5 nitrogen and oxygen atoms in total. The molecule has 2 rings (SSSR count). The second kappa shape index (κ2) is 6.50. The van der Waals surface area contributed by atoms with Crippen molar-refractivity contribution >= 4 is 23.8 Å². The predicted octanol–water partition coefficient (Wildman–Crippen LogP) is 1.78. The summed E-state index contributed by atoms with van der Waals surface area (Å²) in [4.78, 5) is 24.9. The van der Waals surface area contributed by atoms with Crippen LogP contribution in [0.3, 0.4) is 0 Å². The summed E-state index contributed by atoms with van der Waals surface area (Å²) < 4.78 is 0. The van der Waals surface area contributed by atoms with E-state index in [0.29, 0.717) is 24.8 Å². The minimum Gasteiger partial charge on any atom is -0.481 e. The van der Waals surface area contributed by atoms with Crippen LogP contribution in [0.1, 0.15) is 32.1 Å². The van der Waals surface area contributed by atoms with Crippen molar-refractivity contribution in [1.29, 1.82) is 0 Å². The van der Waals surface area contributed by atoms with Gasteiger partial charge in [-0.3, -0.25) is 4.79 Å². The maximum Gasteiger partial charge on any atom is 0.317 e. The van der Waals surface area contributed by atoms with Crippen LogP contribution in [0.15, 0.2) is 0 Å². The summed E-state index contributed by atoms with van der Waals surface area (Å²) in [5.74, 6) is -1.19. The number of carboxylic acid groups (broad SMARTS) is 1. The molecule has 1 saturated heterocycles. The first kappa shape index (κ1) is 14.5. The third kappa shape index (κ3) is 3.55. The molecule has 0 aromatic rings. The summed E-state index contributed by atoms with van der Waals surface area (Å²) in [5, 5.41) is 12.6. The number of amides is 2. The van der Waals surface area contributed by atoms with Crippen molar-refractivity contribution in [2.24, 2.45) is 5.92 Å². The summed E-state index contributed by atoms with van der Waals surface area (Å²) >= 11 is 1.81. The molecular weight excluding hydrogens is 264 g/mol. The molecule has 0 spiro atoms. The van der Waals surface area contributed by atoms with E-state index in [1.165, 1.54) is 0 Å². The first-order valence-electron chi connectivity index (χ1n) is 6.93. The van der Waals surface area contributed by atoms with Gasteiger partial charge in [0.2, 0.25) is 0 Å². The van der Waals surface area contributed by atoms with Crippen LogP contribution in [0.5, 0.6) is 0 Å². The topological polar surface area (TPSA) is 69.6 Å². The number of rotatable bonds is 3. The van der Waals surface area contributed by atoms with Crippen molar-refractivity contribution in [3.63, 3.8) is 0 Å². The number of likely N-dealkylation sites (tertiary alicyclic amines) is 1. The molecule has 0 radical (unpaired) electrons. The third-order valence-electron chi connectivity index (χ3n) is 4.12. The average Bonchev–Trinajstić information content (AvgIpc) is 2.86. The number of carbonyl (C=O) groups is 2. The molecule has 1 aliphatic heterocycles. The van der Waals surface area contributed by atoms with E-state index in [9.17, 15) is 9.59 Å². The SMILES string of the molecule is CSC1CCCC1NC(=O)N1CCC[C@H](C(=O)O)C1. The monoisotopic (exact) mass is 286 g/mol. The minimum absolute atomic E-state index is 0.0862. The lowest BCUT2D eigenvalue weighted by Crippen LogP contribution is -2.50. The fourth-order valence-electron chi connectivity index (χ4n) is 2.99. The highest BCUT2D eigenvalue weighted by atomic mass is 32.2. The van der Waals surface area contributed by atoms with Gasteiger partial charge in [-0.2, -0.15) is 11.8 Å². The fourth-order valence-corrected chi connectivity index (χ4v) is 3.92. The zero-order valence-corrected chi connectivity index (χ0v) is 12.1. The Morgan fingerprint density at radius 1 is 1.26 bits per heavy atom. The molecule has 108 valence electrons. The number of nitrogens with one attached hydrogen (secondary N) is 1. The van der Waals surface area contributed by atoms with Crippen LogP contribution in [0, 0.1) is 5.92 Å². The number of urea groups is 1. The van der Waals surface area contributed by atoms with Crippen LogP contribution < -0.4 is 5.32 Å². The van der Waals surface area contributed by atoms with E-state index < -0.39 is 11.9 Å². The lowest BCUT2D eigenvalue weighted by atomic mass is 9.99. The molecule has 19 heavy (non-hydrogen) atoms. The van der Waals surface area contributed by atoms with Crippen molar-refractivity contribution < 1.29 is 14.7 Å². The van der Waals surface area contributed by atoms with E-state index in [-0.39, 0.29) is 12.1 Å². The van der Waals surface area contributed by atoms with E-state index in [4.69, 9.17) is 5.11 Å². The Bertz CT molecular complexity index is 351. The molecule has 2 N–H and O–H groups in total. The van der Waals surface area contributed by atoms with Gasteiger partial charge in [-0.15, -0.1) is 0 Å². The van der Waals surface area contributed by atoms with E-state index >= 15 is 0 Å². The van der Waals surface area contributed by atoms with Crippen molar-refractivity contribution in [3.05, 3.63) is 0 Å². The number of carboxylic acids is 1. The molecule has 1 saturated carbocycles. The Balaban J connectivity index is 1.87. The van der Waals surface area contributed by atoms with Gasteiger partial charge >= 0.3 is 12.0 Å². The highest BCUT2D eigenvalue weighted by molar-refractivity contribution is 7.99. The highest BCUT2D eigenvalue weighted by Crippen LogP contribution is 2.28. The molecule has 0 bridgehead atoms.